The second-order valence-electron chi connectivity index (χ2n) is 8.32. The smallest absolute Gasteiger partial charge is 0.338 e. The van der Waals surface area contributed by atoms with Gasteiger partial charge in [-0.05, 0) is 66.6 Å². The Kier molecular flexibility index (Phi) is 5.53. The van der Waals surface area contributed by atoms with E-state index in [1.54, 1.807) is 19.1 Å². The molecule has 7 heteroatoms. The van der Waals surface area contributed by atoms with Crippen molar-refractivity contribution in [3.05, 3.63) is 95.3 Å². The highest BCUT2D eigenvalue weighted by Crippen LogP contribution is 2.42. The zero-order valence-electron chi connectivity index (χ0n) is 19.2. The number of benzene rings is 3. The summed E-state index contributed by atoms with van der Waals surface area (Å²) in [6.45, 7) is 2.02. The molecule has 5 rings (SSSR count). The molecule has 0 spiro atoms. The molecule has 34 heavy (non-hydrogen) atoms. The summed E-state index contributed by atoms with van der Waals surface area (Å²) >= 11 is 0. The first-order chi connectivity index (χ1) is 16.5. The van der Waals surface area contributed by atoms with Gasteiger partial charge in [0.05, 0.1) is 35.0 Å². The van der Waals surface area contributed by atoms with Gasteiger partial charge in [-0.25, -0.2) is 14.2 Å². The topological polar surface area (TPSA) is 59.4 Å². The maximum atomic E-state index is 13.7. The minimum Gasteiger partial charge on any atom is -0.463 e. The van der Waals surface area contributed by atoms with Crippen LogP contribution in [-0.2, 0) is 9.53 Å². The van der Waals surface area contributed by atoms with Gasteiger partial charge in [0, 0.05) is 19.8 Å². The summed E-state index contributed by atoms with van der Waals surface area (Å²) in [5, 5.41) is 3.34. The van der Waals surface area contributed by atoms with Gasteiger partial charge in [-0.1, -0.05) is 24.3 Å². The number of ether oxygens (including phenoxy) is 1. The molecule has 1 aliphatic heterocycles. The summed E-state index contributed by atoms with van der Waals surface area (Å²) in [7, 11) is 3.97. The van der Waals surface area contributed by atoms with Gasteiger partial charge < -0.3 is 15.0 Å². The largest absolute Gasteiger partial charge is 0.463 e. The number of nitrogens with zero attached hydrogens (tertiary/aromatic N) is 3. The van der Waals surface area contributed by atoms with E-state index in [2.05, 4.69) is 5.32 Å². The van der Waals surface area contributed by atoms with Crippen molar-refractivity contribution in [1.82, 2.24) is 9.55 Å². The van der Waals surface area contributed by atoms with Crippen LogP contribution in [0.15, 0.2) is 78.4 Å². The van der Waals surface area contributed by atoms with Crippen LogP contribution in [0.2, 0.25) is 0 Å². The molecule has 0 amide bonds. The number of halogens is 1. The SMILES string of the molecule is CCOC(=O)C1=C(c2ccc(F)cc2)Nc2nc3ccccc3n2[C@H]1c1ccc(N(C)C)cc1. The Morgan fingerprint density at radius 3 is 2.44 bits per heavy atom. The molecule has 0 fully saturated rings. The van der Waals surface area contributed by atoms with Crippen LogP contribution in [0.1, 0.15) is 24.1 Å². The molecular formula is C27H25FN4O2. The molecule has 1 aromatic heterocycles. The average molecular weight is 457 g/mol. The Bertz CT molecular complexity index is 1390. The molecule has 0 radical (unpaired) electrons. The van der Waals surface area contributed by atoms with Crippen molar-refractivity contribution in [2.45, 2.75) is 13.0 Å². The van der Waals surface area contributed by atoms with E-state index in [9.17, 15) is 9.18 Å². The van der Waals surface area contributed by atoms with E-state index in [0.717, 1.165) is 22.3 Å². The minimum atomic E-state index is -0.487. The number of anilines is 2. The fraction of sp³-hybridized carbons (Fsp3) is 0.185. The second-order valence-corrected chi connectivity index (χ2v) is 8.32. The molecule has 3 aromatic carbocycles. The highest BCUT2D eigenvalue weighted by atomic mass is 19.1. The Morgan fingerprint density at radius 1 is 1.06 bits per heavy atom. The van der Waals surface area contributed by atoms with Crippen molar-refractivity contribution in [2.75, 3.05) is 30.9 Å². The predicted molar refractivity (Wildman–Crippen MR) is 132 cm³/mol. The van der Waals surface area contributed by atoms with Crippen LogP contribution in [0.25, 0.3) is 16.7 Å². The van der Waals surface area contributed by atoms with Crippen molar-refractivity contribution in [3.8, 4) is 0 Å². The number of nitrogens with one attached hydrogen (secondary N) is 1. The number of esters is 1. The molecule has 0 bridgehead atoms. The van der Waals surface area contributed by atoms with Gasteiger partial charge in [-0.2, -0.15) is 0 Å². The highest BCUT2D eigenvalue weighted by Gasteiger charge is 2.36. The lowest BCUT2D eigenvalue weighted by Crippen LogP contribution is -2.29. The lowest BCUT2D eigenvalue weighted by atomic mass is 9.92. The number of rotatable bonds is 5. The first kappa shape index (κ1) is 21.7. The van der Waals surface area contributed by atoms with Crippen LogP contribution in [0.3, 0.4) is 0 Å². The normalized spacial score (nSPS) is 15.1. The number of fused-ring (bicyclic) bond motifs is 3. The van der Waals surface area contributed by atoms with Gasteiger partial charge in [0.15, 0.2) is 0 Å². The number of para-hydroxylation sites is 2. The van der Waals surface area contributed by atoms with Gasteiger partial charge in [-0.3, -0.25) is 4.57 Å². The van der Waals surface area contributed by atoms with Crippen molar-refractivity contribution < 1.29 is 13.9 Å². The van der Waals surface area contributed by atoms with Crippen LogP contribution < -0.4 is 10.2 Å². The van der Waals surface area contributed by atoms with Crippen molar-refractivity contribution in [1.29, 1.82) is 0 Å². The van der Waals surface area contributed by atoms with E-state index in [-0.39, 0.29) is 12.4 Å². The molecule has 2 heterocycles. The van der Waals surface area contributed by atoms with Crippen molar-refractivity contribution in [2.24, 2.45) is 0 Å². The van der Waals surface area contributed by atoms with E-state index in [0.29, 0.717) is 22.8 Å². The van der Waals surface area contributed by atoms with E-state index in [4.69, 9.17) is 9.72 Å². The second kappa shape index (κ2) is 8.67. The molecule has 0 aliphatic carbocycles. The zero-order valence-corrected chi connectivity index (χ0v) is 19.2. The molecule has 0 saturated heterocycles. The summed E-state index contributed by atoms with van der Waals surface area (Å²) in [5.41, 5.74) is 5.35. The van der Waals surface area contributed by atoms with Gasteiger partial charge in [0.25, 0.3) is 0 Å². The van der Waals surface area contributed by atoms with Crippen molar-refractivity contribution >= 4 is 34.3 Å². The number of carbonyl (C=O) groups is 1. The fourth-order valence-electron chi connectivity index (χ4n) is 4.38. The Balaban J connectivity index is 1.79. The van der Waals surface area contributed by atoms with E-state index in [1.807, 2.05) is 72.1 Å². The number of imidazole rings is 1. The molecule has 6 nitrogen and oxygen atoms in total. The molecule has 1 N–H and O–H groups in total. The lowest BCUT2D eigenvalue weighted by Gasteiger charge is -2.31. The first-order valence-electron chi connectivity index (χ1n) is 11.2. The lowest BCUT2D eigenvalue weighted by molar-refractivity contribution is -0.138. The molecule has 1 aliphatic rings. The summed E-state index contributed by atoms with van der Waals surface area (Å²) in [5.74, 6) is -0.171. The van der Waals surface area contributed by atoms with E-state index >= 15 is 0 Å². The summed E-state index contributed by atoms with van der Waals surface area (Å²) < 4.78 is 21.3. The highest BCUT2D eigenvalue weighted by molar-refractivity contribution is 6.03. The number of hydrogen-bond acceptors (Lipinski definition) is 5. The quantitative estimate of drug-likeness (QED) is 0.417. The van der Waals surface area contributed by atoms with Crippen LogP contribution in [0.4, 0.5) is 16.0 Å². The van der Waals surface area contributed by atoms with Gasteiger partial charge >= 0.3 is 5.97 Å². The van der Waals surface area contributed by atoms with Gasteiger partial charge in [0.1, 0.15) is 5.82 Å². The minimum absolute atomic E-state index is 0.239. The maximum Gasteiger partial charge on any atom is 0.338 e. The summed E-state index contributed by atoms with van der Waals surface area (Å²) in [6.07, 6.45) is 0. The predicted octanol–water partition coefficient (Wildman–Crippen LogP) is 5.23. The first-order valence-corrected chi connectivity index (χ1v) is 11.2. The molecule has 0 unspecified atom stereocenters. The third kappa shape index (κ3) is 3.69. The Hall–Kier alpha value is -4.13. The third-order valence-corrected chi connectivity index (χ3v) is 5.99. The zero-order chi connectivity index (χ0) is 23.8. The number of aromatic nitrogens is 2. The molecule has 1 atom stereocenters. The number of hydrogen-bond donors (Lipinski definition) is 1. The molecule has 0 saturated carbocycles. The Labute approximate surface area is 197 Å². The van der Waals surface area contributed by atoms with Crippen LogP contribution in [0, 0.1) is 5.82 Å². The van der Waals surface area contributed by atoms with Crippen LogP contribution in [0.5, 0.6) is 0 Å². The van der Waals surface area contributed by atoms with Crippen LogP contribution >= 0.6 is 0 Å². The monoisotopic (exact) mass is 456 g/mol. The average Bonchev–Trinajstić information content (AvgIpc) is 3.22. The number of carbonyl (C=O) groups excluding carboxylic acids is 1. The fourth-order valence-corrected chi connectivity index (χ4v) is 4.38. The summed E-state index contributed by atoms with van der Waals surface area (Å²) in [6, 6.07) is 21.5. The summed E-state index contributed by atoms with van der Waals surface area (Å²) in [4.78, 5) is 20.3. The standard InChI is InChI=1S/C27H25FN4O2/c1-4-34-26(33)23-24(17-9-13-19(28)14-10-17)30-27-29-21-7-5-6-8-22(21)32(27)25(23)18-11-15-20(16-12-18)31(2)3/h5-16,25H,4H2,1-3H3,(H,29,30)/t25-/m0/s1. The third-order valence-electron chi connectivity index (χ3n) is 5.99. The maximum absolute atomic E-state index is 13.7. The molecule has 4 aromatic rings. The van der Waals surface area contributed by atoms with Gasteiger partial charge in [-0.15, -0.1) is 0 Å². The molecule has 172 valence electrons. The molecular weight excluding hydrogens is 431 g/mol. The van der Waals surface area contributed by atoms with Crippen LogP contribution in [-0.4, -0.2) is 36.2 Å². The Morgan fingerprint density at radius 2 is 1.76 bits per heavy atom. The van der Waals surface area contributed by atoms with Crippen molar-refractivity contribution in [3.63, 3.8) is 0 Å². The van der Waals surface area contributed by atoms with E-state index < -0.39 is 12.0 Å². The van der Waals surface area contributed by atoms with E-state index in [1.165, 1.54) is 12.1 Å². The van der Waals surface area contributed by atoms with Gasteiger partial charge in [0.2, 0.25) is 5.95 Å².